The minimum Gasteiger partial charge on any atom is -0.465 e. The van der Waals surface area contributed by atoms with Crippen molar-refractivity contribution >= 4 is 23.5 Å². The maximum absolute atomic E-state index is 12.0. The van der Waals surface area contributed by atoms with Gasteiger partial charge in [0.1, 0.15) is 12.3 Å². The minimum atomic E-state index is -0.459. The predicted molar refractivity (Wildman–Crippen MR) is 97.5 cm³/mol. The molecule has 0 bridgehead atoms. The second-order valence-electron chi connectivity index (χ2n) is 5.68. The average Bonchev–Trinajstić information content (AvgIpc) is 3.14. The molecule has 0 amide bonds. The van der Waals surface area contributed by atoms with Crippen molar-refractivity contribution in [2.45, 2.75) is 13.2 Å². The number of aromatic nitrogens is 3. The van der Waals surface area contributed by atoms with Crippen LogP contribution in [0.3, 0.4) is 0 Å². The van der Waals surface area contributed by atoms with Crippen LogP contribution < -0.4 is 0 Å². The van der Waals surface area contributed by atoms with Crippen LogP contribution in [0.2, 0.25) is 5.02 Å². The molecular formula is C19H16ClN3O4. The summed E-state index contributed by atoms with van der Waals surface area (Å²) in [4.78, 5) is 23.4. The van der Waals surface area contributed by atoms with Gasteiger partial charge in [0.2, 0.25) is 0 Å². The van der Waals surface area contributed by atoms with Gasteiger partial charge >= 0.3 is 11.9 Å². The summed E-state index contributed by atoms with van der Waals surface area (Å²) in [6, 6.07) is 13.4. The zero-order valence-electron chi connectivity index (χ0n) is 14.5. The number of ether oxygens (including phenoxy) is 2. The van der Waals surface area contributed by atoms with E-state index in [1.807, 2.05) is 12.1 Å². The van der Waals surface area contributed by atoms with Crippen molar-refractivity contribution in [1.29, 1.82) is 0 Å². The number of hydrogen-bond donors (Lipinski definition) is 0. The van der Waals surface area contributed by atoms with Gasteiger partial charge in [-0.1, -0.05) is 28.9 Å². The van der Waals surface area contributed by atoms with E-state index in [1.54, 1.807) is 47.3 Å². The molecule has 0 N–H and O–H groups in total. The molecule has 0 saturated heterocycles. The molecule has 7 nitrogen and oxygen atoms in total. The van der Waals surface area contributed by atoms with Crippen LogP contribution in [-0.4, -0.2) is 34.0 Å². The number of carbonyl (C=O) groups is 2. The highest BCUT2D eigenvalue weighted by atomic mass is 35.5. The highest BCUT2D eigenvalue weighted by molar-refractivity contribution is 6.30. The van der Waals surface area contributed by atoms with Crippen molar-refractivity contribution < 1.29 is 19.1 Å². The van der Waals surface area contributed by atoms with Crippen molar-refractivity contribution in [3.63, 3.8) is 0 Å². The molecule has 3 rings (SSSR count). The van der Waals surface area contributed by atoms with Gasteiger partial charge in [0.25, 0.3) is 0 Å². The van der Waals surface area contributed by atoms with Gasteiger partial charge in [0, 0.05) is 5.02 Å². The monoisotopic (exact) mass is 385 g/mol. The van der Waals surface area contributed by atoms with Crippen molar-refractivity contribution in [3.05, 3.63) is 82.1 Å². The molecule has 0 radical (unpaired) electrons. The number of rotatable bonds is 6. The number of benzene rings is 2. The summed E-state index contributed by atoms with van der Waals surface area (Å²) >= 11 is 5.79. The lowest BCUT2D eigenvalue weighted by Crippen LogP contribution is -2.05. The first-order chi connectivity index (χ1) is 13.0. The lowest BCUT2D eigenvalue weighted by Gasteiger charge is -2.03. The zero-order valence-corrected chi connectivity index (χ0v) is 15.2. The van der Waals surface area contributed by atoms with Gasteiger partial charge in [-0.25, -0.2) is 14.3 Å². The molecule has 0 aliphatic carbocycles. The molecule has 138 valence electrons. The van der Waals surface area contributed by atoms with E-state index in [4.69, 9.17) is 16.3 Å². The second kappa shape index (κ2) is 8.46. The molecule has 2 aromatic carbocycles. The molecule has 8 heteroatoms. The van der Waals surface area contributed by atoms with Crippen LogP contribution in [0.1, 0.15) is 32.0 Å². The van der Waals surface area contributed by atoms with E-state index in [2.05, 4.69) is 15.0 Å². The van der Waals surface area contributed by atoms with Gasteiger partial charge in [-0.15, -0.1) is 5.10 Å². The van der Waals surface area contributed by atoms with E-state index >= 15 is 0 Å². The van der Waals surface area contributed by atoms with Gasteiger partial charge in [0.15, 0.2) is 0 Å². The van der Waals surface area contributed by atoms with Gasteiger partial charge in [-0.05, 0) is 42.0 Å². The van der Waals surface area contributed by atoms with Gasteiger partial charge in [0.05, 0.1) is 31.0 Å². The summed E-state index contributed by atoms with van der Waals surface area (Å²) in [6.07, 6.45) is 1.70. The Morgan fingerprint density at radius 3 is 2.30 bits per heavy atom. The Balaban J connectivity index is 1.56. The van der Waals surface area contributed by atoms with Crippen molar-refractivity contribution in [1.82, 2.24) is 15.0 Å². The third-order valence-corrected chi connectivity index (χ3v) is 3.99. The molecule has 27 heavy (non-hydrogen) atoms. The summed E-state index contributed by atoms with van der Waals surface area (Å²) in [6.45, 7) is 0.488. The summed E-state index contributed by atoms with van der Waals surface area (Å²) < 4.78 is 11.5. The average molecular weight is 386 g/mol. The first-order valence-corrected chi connectivity index (χ1v) is 8.42. The molecule has 1 heterocycles. The molecule has 3 aromatic rings. The third-order valence-electron chi connectivity index (χ3n) is 3.74. The Kier molecular flexibility index (Phi) is 5.83. The molecule has 0 spiro atoms. The Bertz CT molecular complexity index is 936. The number of hydrogen-bond acceptors (Lipinski definition) is 6. The molecular weight excluding hydrogens is 370 g/mol. The van der Waals surface area contributed by atoms with Crippen LogP contribution in [-0.2, 0) is 22.6 Å². The number of carbonyl (C=O) groups excluding carboxylic acids is 2. The summed E-state index contributed by atoms with van der Waals surface area (Å²) in [5.74, 6) is -0.841. The van der Waals surface area contributed by atoms with E-state index in [-0.39, 0.29) is 12.6 Å². The fraction of sp³-hybridized carbons (Fsp3) is 0.158. The van der Waals surface area contributed by atoms with E-state index in [0.717, 1.165) is 5.56 Å². The molecule has 0 aliphatic heterocycles. The number of nitrogens with zero attached hydrogens (tertiary/aromatic N) is 3. The maximum Gasteiger partial charge on any atom is 0.338 e. The van der Waals surface area contributed by atoms with Crippen LogP contribution in [0.5, 0.6) is 0 Å². The molecule has 0 unspecified atom stereocenters. The molecule has 0 atom stereocenters. The first kappa shape index (κ1) is 18.6. The third kappa shape index (κ3) is 4.92. The van der Waals surface area contributed by atoms with Crippen LogP contribution in [0.15, 0.2) is 54.7 Å². The van der Waals surface area contributed by atoms with Crippen LogP contribution >= 0.6 is 11.6 Å². The smallest absolute Gasteiger partial charge is 0.338 e. The lowest BCUT2D eigenvalue weighted by atomic mass is 10.1. The topological polar surface area (TPSA) is 83.3 Å². The second-order valence-corrected chi connectivity index (χ2v) is 6.12. The summed E-state index contributed by atoms with van der Waals surface area (Å²) in [7, 11) is 1.34. The minimum absolute atomic E-state index is 0.0166. The fourth-order valence-electron chi connectivity index (χ4n) is 2.34. The van der Waals surface area contributed by atoms with Gasteiger partial charge < -0.3 is 9.47 Å². The zero-order chi connectivity index (χ0) is 19.2. The normalized spacial score (nSPS) is 10.4. The summed E-state index contributed by atoms with van der Waals surface area (Å²) in [5.41, 5.74) is 2.37. The highest BCUT2D eigenvalue weighted by Gasteiger charge is 2.10. The molecule has 0 saturated carbocycles. The van der Waals surface area contributed by atoms with Crippen LogP contribution in [0, 0.1) is 0 Å². The number of methoxy groups -OCH3 is 1. The Morgan fingerprint density at radius 2 is 1.63 bits per heavy atom. The molecule has 0 fully saturated rings. The quantitative estimate of drug-likeness (QED) is 0.606. The Labute approximate surface area is 160 Å². The van der Waals surface area contributed by atoms with E-state index in [9.17, 15) is 9.59 Å². The van der Waals surface area contributed by atoms with Crippen LogP contribution in [0.25, 0.3) is 0 Å². The van der Waals surface area contributed by atoms with E-state index in [1.165, 1.54) is 7.11 Å². The van der Waals surface area contributed by atoms with Crippen LogP contribution in [0.4, 0.5) is 0 Å². The van der Waals surface area contributed by atoms with Gasteiger partial charge in [-0.2, -0.15) is 0 Å². The number of esters is 2. The largest absolute Gasteiger partial charge is 0.465 e. The Morgan fingerprint density at radius 1 is 1.00 bits per heavy atom. The van der Waals surface area contributed by atoms with Gasteiger partial charge in [-0.3, -0.25) is 0 Å². The number of halogens is 1. The summed E-state index contributed by atoms with van der Waals surface area (Å²) in [5, 5.41) is 8.56. The maximum atomic E-state index is 12.0. The fourth-order valence-corrected chi connectivity index (χ4v) is 2.47. The lowest BCUT2D eigenvalue weighted by molar-refractivity contribution is 0.0467. The highest BCUT2D eigenvalue weighted by Crippen LogP contribution is 2.11. The first-order valence-electron chi connectivity index (χ1n) is 8.04. The van der Waals surface area contributed by atoms with Crippen molar-refractivity contribution in [2.24, 2.45) is 0 Å². The molecule has 1 aromatic heterocycles. The molecule has 0 aliphatic rings. The van der Waals surface area contributed by atoms with Crippen molar-refractivity contribution in [3.8, 4) is 0 Å². The standard InChI is InChI=1S/C19H16ClN3O4/c1-26-18(24)14-4-2-13(3-5-14)10-23-11-17(21-22-23)12-27-19(25)15-6-8-16(20)9-7-15/h2-9,11H,10,12H2,1H3. The SMILES string of the molecule is COC(=O)c1ccc(Cn2cc(COC(=O)c3ccc(Cl)cc3)nn2)cc1. The van der Waals surface area contributed by atoms with E-state index < -0.39 is 5.97 Å². The Hall–Kier alpha value is -3.19. The predicted octanol–water partition coefficient (Wildman–Crippen LogP) is 3.12. The van der Waals surface area contributed by atoms with Crippen molar-refractivity contribution in [2.75, 3.05) is 7.11 Å². The van der Waals surface area contributed by atoms with E-state index in [0.29, 0.717) is 28.4 Å².